The third-order valence-corrected chi connectivity index (χ3v) is 3.64. The normalized spacial score (nSPS) is 19.9. The molecule has 110 valence electrons. The number of rotatable bonds is 5. The second-order valence-corrected chi connectivity index (χ2v) is 5.34. The molecule has 0 spiro atoms. The highest BCUT2D eigenvalue weighted by atomic mass is 16.5. The van der Waals surface area contributed by atoms with Crippen LogP contribution in [-0.2, 0) is 0 Å². The molecule has 1 heterocycles. The van der Waals surface area contributed by atoms with Crippen molar-refractivity contribution in [2.75, 3.05) is 13.2 Å². The zero-order valence-corrected chi connectivity index (χ0v) is 12.2. The number of aliphatic hydroxyl groups excluding tert-OH is 1. The molecular weight excluding hydrogens is 254 g/mol. The van der Waals surface area contributed by atoms with Gasteiger partial charge in [-0.3, -0.25) is 4.79 Å². The van der Waals surface area contributed by atoms with Crippen LogP contribution in [0.2, 0.25) is 0 Å². The number of likely N-dealkylation sites (tertiary alicyclic amines) is 1. The van der Waals surface area contributed by atoms with Crippen LogP contribution < -0.4 is 4.74 Å². The van der Waals surface area contributed by atoms with E-state index in [1.165, 1.54) is 0 Å². The minimum Gasteiger partial charge on any atom is -0.494 e. The molecule has 1 aromatic rings. The Balaban J connectivity index is 2.11. The fourth-order valence-electron chi connectivity index (χ4n) is 2.79. The van der Waals surface area contributed by atoms with Gasteiger partial charge in [-0.2, -0.15) is 0 Å². The highest BCUT2D eigenvalue weighted by Crippen LogP contribution is 2.24. The van der Waals surface area contributed by atoms with Gasteiger partial charge in [0.15, 0.2) is 0 Å². The predicted octanol–water partition coefficient (Wildman–Crippen LogP) is 2.46. The Bertz CT molecular complexity index is 459. The average molecular weight is 277 g/mol. The van der Waals surface area contributed by atoms with Gasteiger partial charge in [-0.05, 0) is 51.3 Å². The summed E-state index contributed by atoms with van der Waals surface area (Å²) in [7, 11) is 0. The summed E-state index contributed by atoms with van der Waals surface area (Å²) >= 11 is 0. The van der Waals surface area contributed by atoms with Crippen LogP contribution in [0.3, 0.4) is 0 Å². The molecule has 0 aliphatic carbocycles. The number of hydrogen-bond acceptors (Lipinski definition) is 3. The van der Waals surface area contributed by atoms with Gasteiger partial charge >= 0.3 is 0 Å². The van der Waals surface area contributed by atoms with Crippen LogP contribution in [0.5, 0.6) is 5.75 Å². The first-order chi connectivity index (χ1) is 9.61. The largest absolute Gasteiger partial charge is 0.494 e. The van der Waals surface area contributed by atoms with E-state index in [4.69, 9.17) is 4.74 Å². The van der Waals surface area contributed by atoms with Crippen LogP contribution in [0.15, 0.2) is 24.3 Å². The molecule has 20 heavy (non-hydrogen) atoms. The molecule has 0 bridgehead atoms. The fourth-order valence-corrected chi connectivity index (χ4v) is 2.79. The van der Waals surface area contributed by atoms with E-state index in [2.05, 4.69) is 0 Å². The smallest absolute Gasteiger partial charge is 0.254 e. The standard InChI is InChI=1S/C16H23NO3/c1-3-20-15-8-4-6-13(11-15)16(19)17-9-5-7-14(17)10-12(2)18/h4,6,8,11-12,14,18H,3,5,7,9-10H2,1-2H3. The zero-order chi connectivity index (χ0) is 14.5. The van der Waals surface area contributed by atoms with Crippen molar-refractivity contribution >= 4 is 5.91 Å². The zero-order valence-electron chi connectivity index (χ0n) is 12.2. The van der Waals surface area contributed by atoms with Crippen molar-refractivity contribution in [1.82, 2.24) is 4.90 Å². The van der Waals surface area contributed by atoms with E-state index in [9.17, 15) is 9.90 Å². The fraction of sp³-hybridized carbons (Fsp3) is 0.562. The minimum absolute atomic E-state index is 0.0368. The Morgan fingerprint density at radius 3 is 3.05 bits per heavy atom. The number of carbonyl (C=O) groups excluding carboxylic acids is 1. The highest BCUT2D eigenvalue weighted by Gasteiger charge is 2.30. The Kier molecular flexibility index (Phi) is 5.01. The number of benzene rings is 1. The maximum atomic E-state index is 12.6. The van der Waals surface area contributed by atoms with Crippen LogP contribution in [-0.4, -0.2) is 41.2 Å². The first-order valence-corrected chi connectivity index (χ1v) is 7.33. The molecule has 1 aliphatic heterocycles. The SMILES string of the molecule is CCOc1cccc(C(=O)N2CCCC2CC(C)O)c1. The van der Waals surface area contributed by atoms with Crippen molar-refractivity contribution in [2.45, 2.75) is 45.3 Å². The van der Waals surface area contributed by atoms with E-state index in [0.717, 1.165) is 25.1 Å². The van der Waals surface area contributed by atoms with Gasteiger partial charge < -0.3 is 14.7 Å². The molecule has 0 saturated carbocycles. The van der Waals surface area contributed by atoms with E-state index in [1.807, 2.05) is 30.0 Å². The van der Waals surface area contributed by atoms with E-state index in [-0.39, 0.29) is 18.1 Å². The maximum absolute atomic E-state index is 12.6. The summed E-state index contributed by atoms with van der Waals surface area (Å²) in [6, 6.07) is 7.47. The van der Waals surface area contributed by atoms with Gasteiger partial charge in [0.25, 0.3) is 5.91 Å². The number of hydrogen-bond donors (Lipinski definition) is 1. The van der Waals surface area contributed by atoms with Crippen molar-refractivity contribution in [3.8, 4) is 5.75 Å². The quantitative estimate of drug-likeness (QED) is 0.899. The van der Waals surface area contributed by atoms with Crippen molar-refractivity contribution < 1.29 is 14.6 Å². The third kappa shape index (κ3) is 3.51. The Labute approximate surface area is 120 Å². The van der Waals surface area contributed by atoms with Crippen LogP contribution in [0.4, 0.5) is 0 Å². The number of amides is 1. The van der Waals surface area contributed by atoms with Crippen molar-refractivity contribution in [1.29, 1.82) is 0 Å². The maximum Gasteiger partial charge on any atom is 0.254 e. The van der Waals surface area contributed by atoms with E-state index in [1.54, 1.807) is 13.0 Å². The van der Waals surface area contributed by atoms with Gasteiger partial charge in [0.1, 0.15) is 5.75 Å². The second kappa shape index (κ2) is 6.75. The van der Waals surface area contributed by atoms with E-state index >= 15 is 0 Å². The summed E-state index contributed by atoms with van der Waals surface area (Å²) in [5.41, 5.74) is 0.661. The summed E-state index contributed by atoms with van der Waals surface area (Å²) in [5, 5.41) is 9.54. The lowest BCUT2D eigenvalue weighted by molar-refractivity contribution is 0.0681. The molecule has 2 rings (SSSR count). The molecule has 4 heteroatoms. The number of carbonyl (C=O) groups is 1. The van der Waals surface area contributed by atoms with Gasteiger partial charge in [0, 0.05) is 18.2 Å². The topological polar surface area (TPSA) is 49.8 Å². The van der Waals surface area contributed by atoms with Crippen LogP contribution in [0.25, 0.3) is 0 Å². The Hall–Kier alpha value is -1.55. The summed E-state index contributed by atoms with van der Waals surface area (Å²) in [6.07, 6.45) is 2.26. The van der Waals surface area contributed by atoms with Crippen molar-refractivity contribution in [2.24, 2.45) is 0 Å². The van der Waals surface area contributed by atoms with Gasteiger partial charge in [0.2, 0.25) is 0 Å². The highest BCUT2D eigenvalue weighted by molar-refractivity contribution is 5.95. The van der Waals surface area contributed by atoms with Crippen LogP contribution in [0.1, 0.15) is 43.5 Å². The van der Waals surface area contributed by atoms with Gasteiger partial charge in [-0.25, -0.2) is 0 Å². The lowest BCUT2D eigenvalue weighted by atomic mass is 10.1. The number of nitrogens with zero attached hydrogens (tertiary/aromatic N) is 1. The Morgan fingerprint density at radius 1 is 1.55 bits per heavy atom. The summed E-state index contributed by atoms with van der Waals surface area (Å²) < 4.78 is 5.44. The Morgan fingerprint density at radius 2 is 2.35 bits per heavy atom. The van der Waals surface area contributed by atoms with Crippen LogP contribution >= 0.6 is 0 Å². The summed E-state index contributed by atoms with van der Waals surface area (Å²) in [6.45, 7) is 5.06. The molecule has 1 amide bonds. The molecular formula is C16H23NO3. The monoisotopic (exact) mass is 277 g/mol. The lowest BCUT2D eigenvalue weighted by Crippen LogP contribution is -2.37. The molecule has 1 N–H and O–H groups in total. The van der Waals surface area contributed by atoms with Gasteiger partial charge in [-0.15, -0.1) is 0 Å². The lowest BCUT2D eigenvalue weighted by Gasteiger charge is -2.26. The van der Waals surface area contributed by atoms with Crippen molar-refractivity contribution in [3.05, 3.63) is 29.8 Å². The molecule has 4 nitrogen and oxygen atoms in total. The molecule has 0 radical (unpaired) electrons. The molecule has 1 fully saturated rings. The first-order valence-electron chi connectivity index (χ1n) is 7.33. The first kappa shape index (κ1) is 14.9. The van der Waals surface area contributed by atoms with Gasteiger partial charge in [-0.1, -0.05) is 6.07 Å². The van der Waals surface area contributed by atoms with E-state index in [0.29, 0.717) is 18.6 Å². The molecule has 0 aromatic heterocycles. The molecule has 2 atom stereocenters. The number of aliphatic hydroxyl groups is 1. The average Bonchev–Trinajstić information content (AvgIpc) is 2.86. The summed E-state index contributed by atoms with van der Waals surface area (Å²) in [4.78, 5) is 14.5. The summed E-state index contributed by atoms with van der Waals surface area (Å²) in [5.74, 6) is 0.763. The number of ether oxygens (including phenoxy) is 1. The molecule has 1 saturated heterocycles. The second-order valence-electron chi connectivity index (χ2n) is 5.34. The van der Waals surface area contributed by atoms with Gasteiger partial charge in [0.05, 0.1) is 12.7 Å². The molecule has 1 aliphatic rings. The predicted molar refractivity (Wildman–Crippen MR) is 78.0 cm³/mol. The molecule has 1 aromatic carbocycles. The van der Waals surface area contributed by atoms with Crippen LogP contribution in [0, 0.1) is 0 Å². The third-order valence-electron chi connectivity index (χ3n) is 3.64. The minimum atomic E-state index is -0.372. The molecule has 2 unspecified atom stereocenters. The van der Waals surface area contributed by atoms with Crippen molar-refractivity contribution in [3.63, 3.8) is 0 Å². The van der Waals surface area contributed by atoms with E-state index < -0.39 is 0 Å².